The van der Waals surface area contributed by atoms with Gasteiger partial charge in [-0.25, -0.2) is 4.39 Å². The van der Waals surface area contributed by atoms with Gasteiger partial charge in [0, 0.05) is 19.2 Å². The van der Waals surface area contributed by atoms with E-state index < -0.39 is 5.82 Å². The summed E-state index contributed by atoms with van der Waals surface area (Å²) in [7, 11) is 1.58. The maximum atomic E-state index is 13.2. The second kappa shape index (κ2) is 5.98. The Hall–Kier alpha value is -0.980. The van der Waals surface area contributed by atoms with Gasteiger partial charge in [-0.05, 0) is 40.5 Å². The van der Waals surface area contributed by atoms with E-state index in [1.807, 2.05) is 0 Å². The van der Waals surface area contributed by atoms with Crippen LogP contribution in [0.1, 0.15) is 16.8 Å². The third-order valence-electron chi connectivity index (χ3n) is 3.35. The van der Waals surface area contributed by atoms with Gasteiger partial charge >= 0.3 is 0 Å². The lowest BCUT2D eigenvalue weighted by atomic mass is 10.1. The first kappa shape index (κ1) is 14.4. The highest BCUT2D eigenvalue weighted by atomic mass is 79.9. The zero-order valence-corrected chi connectivity index (χ0v) is 12.1. The van der Waals surface area contributed by atoms with Gasteiger partial charge in [0.25, 0.3) is 5.91 Å². The van der Waals surface area contributed by atoms with Crippen LogP contribution < -0.4 is 0 Å². The van der Waals surface area contributed by atoms with E-state index in [9.17, 15) is 14.3 Å². The molecule has 0 bridgehead atoms. The van der Waals surface area contributed by atoms with Crippen molar-refractivity contribution >= 4 is 21.8 Å². The summed E-state index contributed by atoms with van der Waals surface area (Å²) < 4.78 is 18.6. The number of nitrogens with zero attached hydrogens (tertiary/aromatic N) is 1. The Morgan fingerprint density at radius 1 is 1.63 bits per heavy atom. The number of carbonyl (C=O) groups excluding carboxylic acids is 1. The van der Waals surface area contributed by atoms with Crippen molar-refractivity contribution in [2.75, 3.05) is 20.3 Å². The molecule has 1 aromatic carbocycles. The fraction of sp³-hybridized carbons (Fsp3) is 0.462. The van der Waals surface area contributed by atoms with Gasteiger partial charge in [0.2, 0.25) is 0 Å². The first-order valence-electron chi connectivity index (χ1n) is 5.96. The number of rotatable bonds is 3. The molecule has 1 aliphatic rings. The van der Waals surface area contributed by atoms with Crippen LogP contribution in [0.2, 0.25) is 0 Å². The molecule has 0 radical (unpaired) electrons. The Bertz CT molecular complexity index is 483. The van der Waals surface area contributed by atoms with Crippen molar-refractivity contribution in [2.45, 2.75) is 18.6 Å². The molecule has 19 heavy (non-hydrogen) atoms. The van der Waals surface area contributed by atoms with E-state index >= 15 is 0 Å². The zero-order chi connectivity index (χ0) is 14.0. The van der Waals surface area contributed by atoms with Crippen LogP contribution in [0.25, 0.3) is 0 Å². The van der Waals surface area contributed by atoms with Gasteiger partial charge < -0.3 is 14.7 Å². The zero-order valence-electron chi connectivity index (χ0n) is 10.5. The van der Waals surface area contributed by atoms with Gasteiger partial charge in [0.05, 0.1) is 23.2 Å². The van der Waals surface area contributed by atoms with E-state index in [2.05, 4.69) is 15.9 Å². The number of amides is 1. The number of carbonyl (C=O) groups is 1. The number of hydrogen-bond acceptors (Lipinski definition) is 3. The molecule has 1 fully saturated rings. The molecular weight excluding hydrogens is 317 g/mol. The number of likely N-dealkylation sites (tertiary alicyclic amines) is 1. The largest absolute Gasteiger partial charge is 0.394 e. The maximum absolute atomic E-state index is 13.2. The van der Waals surface area contributed by atoms with Crippen LogP contribution >= 0.6 is 15.9 Å². The van der Waals surface area contributed by atoms with Crippen LogP contribution in [-0.4, -0.2) is 48.3 Å². The van der Waals surface area contributed by atoms with Gasteiger partial charge in [-0.1, -0.05) is 0 Å². The van der Waals surface area contributed by atoms with E-state index in [1.54, 1.807) is 12.0 Å². The predicted octanol–water partition coefficient (Wildman–Crippen LogP) is 1.81. The van der Waals surface area contributed by atoms with Crippen molar-refractivity contribution in [3.63, 3.8) is 0 Å². The van der Waals surface area contributed by atoms with Crippen molar-refractivity contribution in [3.05, 3.63) is 34.1 Å². The van der Waals surface area contributed by atoms with Gasteiger partial charge in [0.15, 0.2) is 0 Å². The van der Waals surface area contributed by atoms with Gasteiger partial charge in [-0.2, -0.15) is 0 Å². The fourth-order valence-corrected chi connectivity index (χ4v) is 2.64. The number of ether oxygens (including phenoxy) is 1. The molecule has 1 N–H and O–H groups in total. The molecule has 1 aliphatic heterocycles. The van der Waals surface area contributed by atoms with Gasteiger partial charge in [-0.15, -0.1) is 0 Å². The molecule has 0 saturated carbocycles. The molecule has 104 valence electrons. The molecule has 2 rings (SSSR count). The lowest BCUT2D eigenvalue weighted by Gasteiger charge is -2.22. The first-order valence-corrected chi connectivity index (χ1v) is 6.75. The predicted molar refractivity (Wildman–Crippen MR) is 71.4 cm³/mol. The van der Waals surface area contributed by atoms with Crippen molar-refractivity contribution in [3.8, 4) is 0 Å². The molecule has 6 heteroatoms. The summed E-state index contributed by atoms with van der Waals surface area (Å²) >= 11 is 3.06. The Balaban J connectivity index is 2.20. The number of hydrogen-bond donors (Lipinski definition) is 1. The van der Waals surface area contributed by atoms with Crippen LogP contribution in [0.15, 0.2) is 22.7 Å². The summed E-state index contributed by atoms with van der Waals surface area (Å²) in [6, 6.07) is 3.89. The highest BCUT2D eigenvalue weighted by Gasteiger charge is 2.35. The third kappa shape index (κ3) is 2.96. The fourth-order valence-electron chi connectivity index (χ4n) is 2.26. The molecule has 0 aliphatic carbocycles. The Morgan fingerprint density at radius 2 is 2.37 bits per heavy atom. The summed E-state index contributed by atoms with van der Waals surface area (Å²) in [6.45, 7) is 0.337. The minimum absolute atomic E-state index is 0.0648. The average Bonchev–Trinajstić information content (AvgIpc) is 2.84. The molecule has 4 nitrogen and oxygen atoms in total. The van der Waals surface area contributed by atoms with Crippen molar-refractivity contribution in [2.24, 2.45) is 0 Å². The second-order valence-electron chi connectivity index (χ2n) is 4.52. The normalized spacial score (nSPS) is 22.8. The molecule has 0 aromatic heterocycles. The van der Waals surface area contributed by atoms with Gasteiger partial charge in [-0.3, -0.25) is 4.79 Å². The van der Waals surface area contributed by atoms with Crippen LogP contribution in [0.5, 0.6) is 0 Å². The summed E-state index contributed by atoms with van der Waals surface area (Å²) in [5.74, 6) is -0.634. The highest BCUT2D eigenvalue weighted by molar-refractivity contribution is 9.10. The molecule has 1 saturated heterocycles. The lowest BCUT2D eigenvalue weighted by molar-refractivity contribution is 0.0647. The molecule has 1 aromatic rings. The van der Waals surface area contributed by atoms with E-state index in [0.29, 0.717) is 18.5 Å². The Morgan fingerprint density at radius 3 is 2.95 bits per heavy atom. The van der Waals surface area contributed by atoms with Crippen LogP contribution in [-0.2, 0) is 4.74 Å². The van der Waals surface area contributed by atoms with Crippen LogP contribution in [0.4, 0.5) is 4.39 Å². The van der Waals surface area contributed by atoms with E-state index in [4.69, 9.17) is 4.74 Å². The summed E-state index contributed by atoms with van der Waals surface area (Å²) in [5, 5.41) is 9.33. The van der Waals surface area contributed by atoms with E-state index in [-0.39, 0.29) is 29.1 Å². The van der Waals surface area contributed by atoms with E-state index in [0.717, 1.165) is 0 Å². The molecular formula is C13H15BrFNO3. The Labute approximate surface area is 119 Å². The summed E-state index contributed by atoms with van der Waals surface area (Å²) in [6.07, 6.45) is 0.547. The third-order valence-corrected chi connectivity index (χ3v) is 3.96. The highest BCUT2D eigenvalue weighted by Crippen LogP contribution is 2.24. The second-order valence-corrected chi connectivity index (χ2v) is 5.37. The topological polar surface area (TPSA) is 49.8 Å². The SMILES string of the molecule is CO[C@H]1C[C@@H](CO)N(C(=O)c2ccc(F)c(Br)c2)C1. The number of aliphatic hydroxyl groups excluding tert-OH is 1. The number of halogens is 2. The quantitative estimate of drug-likeness (QED) is 0.919. The Kier molecular flexibility index (Phi) is 4.54. The number of aliphatic hydroxyl groups is 1. The number of benzene rings is 1. The van der Waals surface area contributed by atoms with Gasteiger partial charge in [0.1, 0.15) is 5.82 Å². The maximum Gasteiger partial charge on any atom is 0.254 e. The summed E-state index contributed by atoms with van der Waals surface area (Å²) in [5.41, 5.74) is 0.392. The molecule has 0 spiro atoms. The monoisotopic (exact) mass is 331 g/mol. The standard InChI is InChI=1S/C13H15BrFNO3/c1-19-10-5-9(7-17)16(6-10)13(18)8-2-3-12(15)11(14)4-8/h2-4,9-10,17H,5-7H2,1H3/t9-,10-/m0/s1. The lowest BCUT2D eigenvalue weighted by Crippen LogP contribution is -2.38. The van der Waals surface area contributed by atoms with Crippen molar-refractivity contribution < 1.29 is 19.0 Å². The molecule has 1 heterocycles. The minimum Gasteiger partial charge on any atom is -0.394 e. The molecule has 1 amide bonds. The average molecular weight is 332 g/mol. The van der Waals surface area contributed by atoms with Crippen LogP contribution in [0, 0.1) is 5.82 Å². The minimum atomic E-state index is -0.411. The van der Waals surface area contributed by atoms with Crippen molar-refractivity contribution in [1.29, 1.82) is 0 Å². The smallest absolute Gasteiger partial charge is 0.254 e. The van der Waals surface area contributed by atoms with Crippen molar-refractivity contribution in [1.82, 2.24) is 4.90 Å². The number of methoxy groups -OCH3 is 1. The molecule has 2 atom stereocenters. The summed E-state index contributed by atoms with van der Waals surface area (Å²) in [4.78, 5) is 13.9. The molecule has 0 unspecified atom stereocenters. The van der Waals surface area contributed by atoms with Crippen LogP contribution in [0.3, 0.4) is 0 Å². The van der Waals surface area contributed by atoms with E-state index in [1.165, 1.54) is 18.2 Å². The first-order chi connectivity index (χ1) is 9.06.